The summed E-state index contributed by atoms with van der Waals surface area (Å²) in [5, 5.41) is 24.4. The second kappa shape index (κ2) is 8.60. The molecule has 5 rings (SSSR count). The first-order valence-electron chi connectivity index (χ1n) is 10.3. The Balaban J connectivity index is 1.68. The molecule has 9 nitrogen and oxygen atoms in total. The number of ketones is 1. The number of benzene rings is 2. The molecule has 2 aromatic heterocycles. The van der Waals surface area contributed by atoms with Gasteiger partial charge in [0.2, 0.25) is 0 Å². The van der Waals surface area contributed by atoms with Crippen LogP contribution in [0.2, 0.25) is 0 Å². The first-order valence-corrected chi connectivity index (χ1v) is 12.0. The number of thiazole rings is 1. The van der Waals surface area contributed by atoms with E-state index in [0.29, 0.717) is 26.4 Å². The standard InChI is InChI=1S/C24H17N3O6S2/c1-12-10-13(5-8-16(12)33-2)21(28)19-20(17-4-3-9-34-17)26(23(30)22(19)29)24-25-15-7-6-14(27(31)32)11-18(15)35-24/h3-11,20,28H,1-2H3/b21-19+. The maximum absolute atomic E-state index is 13.3. The molecular weight excluding hydrogens is 490 g/mol. The highest BCUT2D eigenvalue weighted by Crippen LogP contribution is 2.45. The average Bonchev–Trinajstić information content (AvgIpc) is 3.56. The maximum Gasteiger partial charge on any atom is 0.301 e. The molecule has 0 aliphatic carbocycles. The topological polar surface area (TPSA) is 123 Å². The number of rotatable bonds is 5. The number of nitrogens with zero attached hydrogens (tertiary/aromatic N) is 3. The molecule has 0 saturated carbocycles. The van der Waals surface area contributed by atoms with Gasteiger partial charge in [-0.15, -0.1) is 11.3 Å². The third kappa shape index (κ3) is 3.74. The van der Waals surface area contributed by atoms with Crippen molar-refractivity contribution in [1.29, 1.82) is 0 Å². The summed E-state index contributed by atoms with van der Waals surface area (Å²) in [6, 6.07) is 11.9. The third-order valence-corrected chi connectivity index (χ3v) is 7.65. The number of nitro groups is 1. The fourth-order valence-corrected chi connectivity index (χ4v) is 5.89. The van der Waals surface area contributed by atoms with Gasteiger partial charge in [0.25, 0.3) is 11.5 Å². The average molecular weight is 508 g/mol. The maximum atomic E-state index is 13.3. The summed E-state index contributed by atoms with van der Waals surface area (Å²) in [5.74, 6) is -1.34. The molecule has 1 unspecified atom stereocenters. The normalized spacial score (nSPS) is 17.3. The van der Waals surface area contributed by atoms with Crippen molar-refractivity contribution in [2.45, 2.75) is 13.0 Å². The predicted octanol–water partition coefficient (Wildman–Crippen LogP) is 5.21. The highest BCUT2D eigenvalue weighted by molar-refractivity contribution is 7.22. The van der Waals surface area contributed by atoms with Crippen molar-refractivity contribution in [2.24, 2.45) is 0 Å². The number of amides is 1. The van der Waals surface area contributed by atoms with Crippen LogP contribution in [0.4, 0.5) is 10.8 Å². The second-order valence-corrected chi connectivity index (χ2v) is 9.76. The number of carbonyl (C=O) groups excluding carboxylic acids is 2. The zero-order valence-electron chi connectivity index (χ0n) is 18.4. The van der Waals surface area contributed by atoms with Crippen LogP contribution in [-0.4, -0.2) is 33.8 Å². The second-order valence-electron chi connectivity index (χ2n) is 7.77. The van der Waals surface area contributed by atoms with Crippen molar-refractivity contribution in [1.82, 2.24) is 4.98 Å². The minimum Gasteiger partial charge on any atom is -0.507 e. The van der Waals surface area contributed by atoms with E-state index in [-0.39, 0.29) is 22.2 Å². The number of hydrogen-bond donors (Lipinski definition) is 1. The fraction of sp³-hybridized carbons (Fsp3) is 0.125. The number of aromatic nitrogens is 1. The molecule has 0 bridgehead atoms. The Morgan fingerprint density at radius 2 is 2.00 bits per heavy atom. The Kier molecular flexibility index (Phi) is 5.58. The van der Waals surface area contributed by atoms with Crippen LogP contribution in [0.25, 0.3) is 16.0 Å². The van der Waals surface area contributed by atoms with Gasteiger partial charge in [-0.25, -0.2) is 4.98 Å². The lowest BCUT2D eigenvalue weighted by Gasteiger charge is -2.21. The minimum absolute atomic E-state index is 0.0488. The monoisotopic (exact) mass is 507 g/mol. The van der Waals surface area contributed by atoms with Crippen LogP contribution in [0.1, 0.15) is 22.0 Å². The lowest BCUT2D eigenvalue weighted by molar-refractivity contribution is -0.384. The Morgan fingerprint density at radius 3 is 2.66 bits per heavy atom. The third-order valence-electron chi connectivity index (χ3n) is 5.70. The molecule has 0 spiro atoms. The Bertz CT molecular complexity index is 1540. The smallest absolute Gasteiger partial charge is 0.301 e. The van der Waals surface area contributed by atoms with E-state index in [1.165, 1.54) is 41.5 Å². The Morgan fingerprint density at radius 1 is 1.20 bits per heavy atom. The number of non-ortho nitro benzene ring substituents is 1. The van der Waals surface area contributed by atoms with Crippen molar-refractivity contribution in [2.75, 3.05) is 12.0 Å². The molecule has 2 aromatic carbocycles. The lowest BCUT2D eigenvalue weighted by Crippen LogP contribution is -2.28. The molecule has 3 heterocycles. The van der Waals surface area contributed by atoms with Crippen LogP contribution in [0.3, 0.4) is 0 Å². The number of aliphatic hydroxyl groups excluding tert-OH is 1. The summed E-state index contributed by atoms with van der Waals surface area (Å²) in [7, 11) is 1.54. The number of anilines is 1. The van der Waals surface area contributed by atoms with Gasteiger partial charge in [-0.2, -0.15) is 0 Å². The van der Waals surface area contributed by atoms with Gasteiger partial charge >= 0.3 is 5.91 Å². The number of methoxy groups -OCH3 is 1. The summed E-state index contributed by atoms with van der Waals surface area (Å²) in [4.78, 5) is 43.5. The van der Waals surface area contributed by atoms with E-state index in [1.54, 1.807) is 30.3 Å². The first-order chi connectivity index (χ1) is 16.8. The van der Waals surface area contributed by atoms with Crippen LogP contribution in [0.15, 0.2) is 59.5 Å². The highest BCUT2D eigenvalue weighted by atomic mass is 32.1. The molecule has 1 fully saturated rings. The van der Waals surface area contributed by atoms with Gasteiger partial charge in [0.05, 0.1) is 27.8 Å². The minimum atomic E-state index is -0.895. The first kappa shape index (κ1) is 22.7. The van der Waals surface area contributed by atoms with Gasteiger partial charge in [-0.1, -0.05) is 17.4 Å². The molecule has 35 heavy (non-hydrogen) atoms. The fourth-order valence-electron chi connectivity index (χ4n) is 4.04. The SMILES string of the molecule is COc1ccc(/C(O)=C2\C(=O)C(=O)N(c3nc4ccc([N+](=O)[O-])cc4s3)C2c2cccs2)cc1C. The van der Waals surface area contributed by atoms with Gasteiger partial charge < -0.3 is 9.84 Å². The number of aliphatic hydroxyl groups is 1. The highest BCUT2D eigenvalue weighted by Gasteiger charge is 2.48. The number of nitro benzene ring substituents is 1. The van der Waals surface area contributed by atoms with Gasteiger partial charge in [0.15, 0.2) is 5.13 Å². The molecule has 1 aliphatic rings. The Hall–Kier alpha value is -4.09. The van der Waals surface area contributed by atoms with Gasteiger partial charge in [0, 0.05) is 22.6 Å². The summed E-state index contributed by atoms with van der Waals surface area (Å²) >= 11 is 2.41. The van der Waals surface area contributed by atoms with Crippen LogP contribution in [-0.2, 0) is 9.59 Å². The van der Waals surface area contributed by atoms with E-state index in [2.05, 4.69) is 4.98 Å². The van der Waals surface area contributed by atoms with E-state index in [1.807, 2.05) is 12.3 Å². The molecule has 1 N–H and O–H groups in total. The van der Waals surface area contributed by atoms with Crippen molar-refractivity contribution < 1.29 is 24.4 Å². The molecule has 1 saturated heterocycles. The zero-order valence-corrected chi connectivity index (χ0v) is 20.1. The number of aryl methyl sites for hydroxylation is 1. The van der Waals surface area contributed by atoms with Crippen LogP contribution >= 0.6 is 22.7 Å². The predicted molar refractivity (Wildman–Crippen MR) is 133 cm³/mol. The van der Waals surface area contributed by atoms with Crippen LogP contribution in [0.5, 0.6) is 5.75 Å². The Labute approximate surface area is 206 Å². The molecule has 4 aromatic rings. The summed E-state index contributed by atoms with van der Waals surface area (Å²) in [6.07, 6.45) is 0. The zero-order chi connectivity index (χ0) is 24.9. The molecular formula is C24H17N3O6S2. The van der Waals surface area contributed by atoms with E-state index in [0.717, 1.165) is 16.9 Å². The number of fused-ring (bicyclic) bond motifs is 1. The molecule has 176 valence electrons. The number of Topliss-reactive ketones (excluding diaryl/α,β-unsaturated/α-hetero) is 1. The molecule has 1 amide bonds. The van der Waals surface area contributed by atoms with Gasteiger partial charge in [0.1, 0.15) is 17.6 Å². The lowest BCUT2D eigenvalue weighted by atomic mass is 9.99. The quantitative estimate of drug-likeness (QED) is 0.129. The van der Waals surface area contributed by atoms with Gasteiger partial charge in [-0.05, 0) is 48.2 Å². The number of ether oxygens (including phenoxy) is 1. The van der Waals surface area contributed by atoms with E-state index in [4.69, 9.17) is 4.74 Å². The summed E-state index contributed by atoms with van der Waals surface area (Å²) in [5.41, 5.74) is 1.45. The van der Waals surface area contributed by atoms with E-state index < -0.39 is 22.7 Å². The van der Waals surface area contributed by atoms with Crippen molar-refractivity contribution in [3.63, 3.8) is 0 Å². The molecule has 0 radical (unpaired) electrons. The van der Waals surface area contributed by atoms with E-state index >= 15 is 0 Å². The van der Waals surface area contributed by atoms with Gasteiger partial charge in [-0.3, -0.25) is 24.6 Å². The van der Waals surface area contributed by atoms with E-state index in [9.17, 15) is 24.8 Å². The van der Waals surface area contributed by atoms with Crippen molar-refractivity contribution >= 4 is 61.2 Å². The van der Waals surface area contributed by atoms with Crippen LogP contribution < -0.4 is 9.64 Å². The molecule has 11 heteroatoms. The number of thiophene rings is 1. The molecule has 1 aliphatic heterocycles. The number of carbonyl (C=O) groups is 2. The number of hydrogen-bond acceptors (Lipinski definition) is 9. The van der Waals surface area contributed by atoms with Crippen molar-refractivity contribution in [3.05, 3.63) is 85.6 Å². The van der Waals surface area contributed by atoms with Crippen molar-refractivity contribution in [3.8, 4) is 5.75 Å². The van der Waals surface area contributed by atoms with Crippen LogP contribution in [0, 0.1) is 17.0 Å². The summed E-state index contributed by atoms with van der Waals surface area (Å²) < 4.78 is 5.78. The molecule has 1 atom stereocenters. The summed E-state index contributed by atoms with van der Waals surface area (Å²) in [6.45, 7) is 1.81. The largest absolute Gasteiger partial charge is 0.507 e.